The van der Waals surface area contributed by atoms with Gasteiger partial charge in [0.2, 0.25) is 6.54 Å². The summed E-state index contributed by atoms with van der Waals surface area (Å²) in [7, 11) is 0. The number of carbonyl (C=O) groups excluding carboxylic acids is 1. The van der Waals surface area contributed by atoms with E-state index in [1.54, 1.807) is 0 Å². The zero-order valence-electron chi connectivity index (χ0n) is 13.4. The lowest BCUT2D eigenvalue weighted by atomic mass is 10.1. The molecule has 1 heterocycles. The van der Waals surface area contributed by atoms with Crippen LogP contribution in [-0.2, 0) is 11.3 Å². The first kappa shape index (κ1) is 17.6. The lowest BCUT2D eigenvalue weighted by Gasteiger charge is -2.27. The van der Waals surface area contributed by atoms with Crippen molar-refractivity contribution in [2.75, 3.05) is 13.2 Å². The van der Waals surface area contributed by atoms with Gasteiger partial charge in [0.05, 0.1) is 6.61 Å². The largest absolute Gasteiger partial charge is 0.395 e. The van der Waals surface area contributed by atoms with Crippen molar-refractivity contribution in [3.63, 3.8) is 0 Å². The van der Waals surface area contributed by atoms with Crippen LogP contribution in [0, 0.1) is 0 Å². The van der Waals surface area contributed by atoms with E-state index in [0.29, 0.717) is 13.1 Å². The molecule has 1 atom stereocenters. The number of aliphatic hydroxyl groups is 1. The smallest absolute Gasteiger partial charge is 0.288 e. The lowest BCUT2D eigenvalue weighted by molar-refractivity contribution is -0.685. The van der Waals surface area contributed by atoms with Gasteiger partial charge in [-0.2, -0.15) is 4.57 Å². The minimum Gasteiger partial charge on any atom is -0.395 e. The second-order valence-electron chi connectivity index (χ2n) is 5.56. The molecule has 0 radical (unpaired) electrons. The highest BCUT2D eigenvalue weighted by molar-refractivity contribution is 5.75. The molecule has 4 heteroatoms. The van der Waals surface area contributed by atoms with E-state index in [4.69, 9.17) is 0 Å². The number of unbranched alkanes of at least 4 members (excludes halogenated alkanes) is 3. The summed E-state index contributed by atoms with van der Waals surface area (Å²) in [5, 5.41) is 9.21. The SMILES string of the molecule is CCCCCC[C@H](C)N(CCO)C(=O)C[n+]1ccccc1. The van der Waals surface area contributed by atoms with Gasteiger partial charge in [0, 0.05) is 24.7 Å². The van der Waals surface area contributed by atoms with Crippen LogP contribution in [0.5, 0.6) is 0 Å². The van der Waals surface area contributed by atoms with E-state index in [0.717, 1.165) is 12.8 Å². The topological polar surface area (TPSA) is 44.4 Å². The van der Waals surface area contributed by atoms with E-state index >= 15 is 0 Å². The quantitative estimate of drug-likeness (QED) is 0.531. The van der Waals surface area contributed by atoms with Crippen molar-refractivity contribution >= 4 is 5.91 Å². The van der Waals surface area contributed by atoms with Crippen LogP contribution < -0.4 is 4.57 Å². The summed E-state index contributed by atoms with van der Waals surface area (Å²) in [5.74, 6) is 0.0724. The molecular weight excluding hydrogens is 264 g/mol. The van der Waals surface area contributed by atoms with Crippen LogP contribution in [0.1, 0.15) is 46.0 Å². The maximum Gasteiger partial charge on any atom is 0.288 e. The molecule has 1 aromatic heterocycles. The lowest BCUT2D eigenvalue weighted by Crippen LogP contribution is -2.48. The summed E-state index contributed by atoms with van der Waals surface area (Å²) in [6.45, 7) is 5.04. The Kier molecular flexibility index (Phi) is 8.67. The second kappa shape index (κ2) is 10.3. The Morgan fingerprint density at radius 3 is 2.52 bits per heavy atom. The van der Waals surface area contributed by atoms with Gasteiger partial charge in [-0.3, -0.25) is 4.79 Å². The van der Waals surface area contributed by atoms with Gasteiger partial charge in [-0.25, -0.2) is 0 Å². The fraction of sp³-hybridized carbons (Fsp3) is 0.647. The number of hydrogen-bond donors (Lipinski definition) is 1. The fourth-order valence-electron chi connectivity index (χ4n) is 2.51. The van der Waals surface area contributed by atoms with Crippen molar-refractivity contribution < 1.29 is 14.5 Å². The normalized spacial score (nSPS) is 12.1. The number of aliphatic hydroxyl groups excluding tert-OH is 1. The molecule has 0 unspecified atom stereocenters. The number of carbonyl (C=O) groups is 1. The van der Waals surface area contributed by atoms with Gasteiger partial charge in [0.15, 0.2) is 12.4 Å². The van der Waals surface area contributed by atoms with Crippen LogP contribution in [0.3, 0.4) is 0 Å². The minimum atomic E-state index is 0.0183. The molecule has 21 heavy (non-hydrogen) atoms. The van der Waals surface area contributed by atoms with Crippen LogP contribution in [0.15, 0.2) is 30.6 Å². The highest BCUT2D eigenvalue weighted by Gasteiger charge is 2.22. The number of hydrogen-bond acceptors (Lipinski definition) is 2. The maximum absolute atomic E-state index is 12.4. The van der Waals surface area contributed by atoms with Crippen molar-refractivity contribution in [1.29, 1.82) is 0 Å². The van der Waals surface area contributed by atoms with Gasteiger partial charge < -0.3 is 10.0 Å². The Bertz CT molecular complexity index is 395. The highest BCUT2D eigenvalue weighted by atomic mass is 16.3. The van der Waals surface area contributed by atoms with E-state index < -0.39 is 0 Å². The molecule has 118 valence electrons. The molecule has 0 spiro atoms. The molecule has 0 aliphatic rings. The van der Waals surface area contributed by atoms with E-state index in [1.165, 1.54) is 19.3 Å². The van der Waals surface area contributed by atoms with Gasteiger partial charge in [-0.1, -0.05) is 38.7 Å². The number of aromatic nitrogens is 1. The molecule has 0 bridgehead atoms. The van der Waals surface area contributed by atoms with Crippen molar-refractivity contribution in [3.8, 4) is 0 Å². The van der Waals surface area contributed by atoms with E-state index in [-0.39, 0.29) is 18.6 Å². The second-order valence-corrected chi connectivity index (χ2v) is 5.56. The Morgan fingerprint density at radius 2 is 1.90 bits per heavy atom. The molecule has 0 aliphatic heterocycles. The van der Waals surface area contributed by atoms with Gasteiger partial charge in [0.25, 0.3) is 5.91 Å². The summed E-state index contributed by atoms with van der Waals surface area (Å²) >= 11 is 0. The predicted molar refractivity (Wildman–Crippen MR) is 83.7 cm³/mol. The molecule has 0 aromatic carbocycles. The van der Waals surface area contributed by atoms with Crippen molar-refractivity contribution in [3.05, 3.63) is 30.6 Å². The number of rotatable bonds is 10. The van der Waals surface area contributed by atoms with Gasteiger partial charge in [-0.05, 0) is 13.3 Å². The Morgan fingerprint density at radius 1 is 1.19 bits per heavy atom. The molecule has 0 fully saturated rings. The van der Waals surface area contributed by atoms with Crippen LogP contribution in [0.4, 0.5) is 0 Å². The molecule has 1 aromatic rings. The number of amides is 1. The van der Waals surface area contributed by atoms with E-state index in [1.807, 2.05) is 40.1 Å². The average Bonchev–Trinajstić information content (AvgIpc) is 2.50. The van der Waals surface area contributed by atoms with Crippen LogP contribution in [0.25, 0.3) is 0 Å². The average molecular weight is 293 g/mol. The number of nitrogens with zero attached hydrogens (tertiary/aromatic N) is 2. The van der Waals surface area contributed by atoms with Crippen molar-refractivity contribution in [1.82, 2.24) is 4.90 Å². The molecular formula is C17H29N2O2+. The molecule has 0 aliphatic carbocycles. The summed E-state index contributed by atoms with van der Waals surface area (Å²) in [6.07, 6.45) is 9.62. The molecule has 1 N–H and O–H groups in total. The van der Waals surface area contributed by atoms with E-state index in [2.05, 4.69) is 13.8 Å². The van der Waals surface area contributed by atoms with Crippen molar-refractivity contribution in [2.45, 2.75) is 58.5 Å². The molecule has 1 amide bonds. The summed E-state index contributed by atoms with van der Waals surface area (Å²) in [6, 6.07) is 5.95. The summed E-state index contributed by atoms with van der Waals surface area (Å²) in [4.78, 5) is 14.2. The summed E-state index contributed by atoms with van der Waals surface area (Å²) < 4.78 is 1.87. The van der Waals surface area contributed by atoms with Crippen LogP contribution in [-0.4, -0.2) is 35.1 Å². The Hall–Kier alpha value is -1.42. The molecule has 4 nitrogen and oxygen atoms in total. The van der Waals surface area contributed by atoms with Gasteiger partial charge in [0.1, 0.15) is 0 Å². The first-order valence-electron chi connectivity index (χ1n) is 8.03. The van der Waals surface area contributed by atoms with Gasteiger partial charge >= 0.3 is 0 Å². The molecule has 0 saturated carbocycles. The highest BCUT2D eigenvalue weighted by Crippen LogP contribution is 2.11. The maximum atomic E-state index is 12.4. The predicted octanol–water partition coefficient (Wildman–Crippen LogP) is 2.15. The monoisotopic (exact) mass is 293 g/mol. The fourth-order valence-corrected chi connectivity index (χ4v) is 2.51. The zero-order chi connectivity index (χ0) is 15.5. The van der Waals surface area contributed by atoms with Crippen LogP contribution in [0.2, 0.25) is 0 Å². The minimum absolute atomic E-state index is 0.0183. The molecule has 1 rings (SSSR count). The number of pyridine rings is 1. The third-order valence-corrected chi connectivity index (χ3v) is 3.76. The Balaban J connectivity index is 2.52. The zero-order valence-corrected chi connectivity index (χ0v) is 13.4. The third kappa shape index (κ3) is 6.71. The first-order valence-corrected chi connectivity index (χ1v) is 8.03. The van der Waals surface area contributed by atoms with Crippen LogP contribution >= 0.6 is 0 Å². The van der Waals surface area contributed by atoms with E-state index in [9.17, 15) is 9.90 Å². The third-order valence-electron chi connectivity index (χ3n) is 3.76. The van der Waals surface area contributed by atoms with Gasteiger partial charge in [-0.15, -0.1) is 0 Å². The molecule has 0 saturated heterocycles. The summed E-state index contributed by atoms with van der Waals surface area (Å²) in [5.41, 5.74) is 0. The van der Waals surface area contributed by atoms with Crippen molar-refractivity contribution in [2.24, 2.45) is 0 Å². The standard InChI is InChI=1S/C17H29N2O2/c1-3-4-5-7-10-16(2)19(13-14-20)17(21)15-18-11-8-6-9-12-18/h6,8-9,11-12,16,20H,3-5,7,10,13-15H2,1-2H3/q+1/t16-/m0/s1. The Labute approximate surface area is 128 Å². The first-order chi connectivity index (χ1) is 10.2.